The molecule has 170 valence electrons. The number of fused-ring (bicyclic) bond motifs is 1. The minimum absolute atomic E-state index is 0.00524. The number of para-hydroxylation sites is 1. The molecule has 3 heterocycles. The van der Waals surface area contributed by atoms with Crippen LogP contribution < -0.4 is 9.64 Å². The molecule has 5 rings (SSSR count). The molecule has 2 aliphatic rings. The third-order valence-electron chi connectivity index (χ3n) is 5.74. The van der Waals surface area contributed by atoms with Crippen LogP contribution in [0.15, 0.2) is 60.8 Å². The monoisotopic (exact) mass is 458 g/mol. The molecule has 0 radical (unpaired) electrons. The van der Waals surface area contributed by atoms with Crippen LogP contribution in [0.2, 0.25) is 0 Å². The Bertz CT molecular complexity index is 1210. The van der Waals surface area contributed by atoms with E-state index in [1.54, 1.807) is 48.5 Å². The van der Waals surface area contributed by atoms with Gasteiger partial charge in [0, 0.05) is 28.6 Å². The number of pyridine rings is 1. The van der Waals surface area contributed by atoms with Crippen LogP contribution in [-0.2, 0) is 17.0 Å². The van der Waals surface area contributed by atoms with Crippen molar-refractivity contribution in [3.63, 3.8) is 0 Å². The van der Waals surface area contributed by atoms with Crippen molar-refractivity contribution in [1.29, 1.82) is 0 Å². The van der Waals surface area contributed by atoms with Crippen molar-refractivity contribution in [2.45, 2.75) is 18.4 Å². The Morgan fingerprint density at radius 1 is 1.03 bits per heavy atom. The van der Waals surface area contributed by atoms with Crippen molar-refractivity contribution in [3.8, 4) is 17.0 Å². The van der Waals surface area contributed by atoms with Crippen molar-refractivity contribution in [1.82, 2.24) is 4.98 Å². The van der Waals surface area contributed by atoms with Crippen molar-refractivity contribution in [3.05, 3.63) is 77.5 Å². The SMILES string of the molecule is O=C1c2ccnc(-c3ccccc3OCC(F)(F)F)c2CN1c1ccc(C2(F)COC2)cc1. The highest BCUT2D eigenvalue weighted by molar-refractivity contribution is 6.11. The van der Waals surface area contributed by atoms with Crippen LogP contribution in [0, 0.1) is 0 Å². The number of carbonyl (C=O) groups excluding carboxylic acids is 1. The van der Waals surface area contributed by atoms with E-state index in [9.17, 15) is 22.4 Å². The lowest BCUT2D eigenvalue weighted by molar-refractivity contribution is -0.153. The largest absolute Gasteiger partial charge is 0.483 e. The summed E-state index contributed by atoms with van der Waals surface area (Å²) in [5, 5.41) is 0. The summed E-state index contributed by atoms with van der Waals surface area (Å²) in [6, 6.07) is 14.5. The van der Waals surface area contributed by atoms with E-state index >= 15 is 0 Å². The van der Waals surface area contributed by atoms with Gasteiger partial charge in [-0.25, -0.2) is 4.39 Å². The van der Waals surface area contributed by atoms with Crippen LogP contribution in [0.3, 0.4) is 0 Å². The summed E-state index contributed by atoms with van der Waals surface area (Å²) in [5.74, 6) is -0.237. The second-order valence-electron chi connectivity index (χ2n) is 7.98. The Morgan fingerprint density at radius 2 is 1.76 bits per heavy atom. The number of alkyl halides is 4. The number of anilines is 1. The van der Waals surface area contributed by atoms with E-state index in [2.05, 4.69) is 4.98 Å². The van der Waals surface area contributed by atoms with E-state index in [1.807, 2.05) is 0 Å². The van der Waals surface area contributed by atoms with Crippen molar-refractivity contribution >= 4 is 11.6 Å². The van der Waals surface area contributed by atoms with Gasteiger partial charge in [-0.05, 0) is 35.9 Å². The molecule has 0 aliphatic carbocycles. The first-order valence-electron chi connectivity index (χ1n) is 10.2. The third-order valence-corrected chi connectivity index (χ3v) is 5.74. The minimum Gasteiger partial charge on any atom is -0.483 e. The van der Waals surface area contributed by atoms with Gasteiger partial charge in [-0.2, -0.15) is 13.2 Å². The summed E-state index contributed by atoms with van der Waals surface area (Å²) in [6.45, 7) is -1.25. The lowest BCUT2D eigenvalue weighted by Gasteiger charge is -2.34. The number of rotatable bonds is 5. The molecule has 1 aromatic heterocycles. The number of benzene rings is 2. The highest BCUT2D eigenvalue weighted by Gasteiger charge is 2.41. The van der Waals surface area contributed by atoms with Crippen molar-refractivity contribution in [2.75, 3.05) is 24.7 Å². The number of nitrogens with zero attached hydrogens (tertiary/aromatic N) is 2. The maximum absolute atomic E-state index is 14.6. The van der Waals surface area contributed by atoms with Gasteiger partial charge in [0.15, 0.2) is 12.3 Å². The standard InChI is InChI=1S/C24H18F4N2O3/c25-23(12-32-13-23)15-5-7-16(8-6-15)30-11-19-17(22(30)31)9-10-29-21(19)18-3-1-2-4-20(18)33-14-24(26,27)28/h1-10H,11-14H2. The van der Waals surface area contributed by atoms with Gasteiger partial charge < -0.3 is 14.4 Å². The summed E-state index contributed by atoms with van der Waals surface area (Å²) in [6.07, 6.45) is -3.04. The Kier molecular flexibility index (Phi) is 5.08. The first-order valence-corrected chi connectivity index (χ1v) is 10.2. The van der Waals surface area contributed by atoms with E-state index in [1.165, 1.54) is 17.2 Å². The molecule has 9 heteroatoms. The van der Waals surface area contributed by atoms with Crippen LogP contribution >= 0.6 is 0 Å². The molecule has 0 spiro atoms. The molecule has 0 bridgehead atoms. The number of ether oxygens (including phenoxy) is 2. The van der Waals surface area contributed by atoms with Crippen LogP contribution in [-0.4, -0.2) is 36.9 Å². The number of amides is 1. The summed E-state index contributed by atoms with van der Waals surface area (Å²) >= 11 is 0. The maximum Gasteiger partial charge on any atom is 0.422 e. The van der Waals surface area contributed by atoms with E-state index in [0.717, 1.165) is 0 Å². The molecule has 0 unspecified atom stereocenters. The molecule has 2 aromatic carbocycles. The minimum atomic E-state index is -4.48. The normalized spacial score (nSPS) is 17.0. The topological polar surface area (TPSA) is 51.7 Å². The van der Waals surface area contributed by atoms with Gasteiger partial charge in [0.25, 0.3) is 5.91 Å². The fraction of sp³-hybridized carbons (Fsp3) is 0.250. The van der Waals surface area contributed by atoms with Gasteiger partial charge in [0.2, 0.25) is 0 Å². The highest BCUT2D eigenvalue weighted by atomic mass is 19.4. The van der Waals surface area contributed by atoms with Crippen LogP contribution in [0.25, 0.3) is 11.3 Å². The quantitative estimate of drug-likeness (QED) is 0.503. The van der Waals surface area contributed by atoms with Crippen molar-refractivity contribution in [2.24, 2.45) is 0 Å². The number of carbonyl (C=O) groups is 1. The van der Waals surface area contributed by atoms with Gasteiger partial charge in [-0.15, -0.1) is 0 Å². The lowest BCUT2D eigenvalue weighted by Crippen LogP contribution is -2.42. The zero-order valence-electron chi connectivity index (χ0n) is 17.2. The van der Waals surface area contributed by atoms with Crippen LogP contribution in [0.4, 0.5) is 23.2 Å². The summed E-state index contributed by atoms with van der Waals surface area (Å²) in [5.41, 5.74) is 1.30. The molecular weight excluding hydrogens is 440 g/mol. The molecule has 0 atom stereocenters. The fourth-order valence-corrected chi connectivity index (χ4v) is 4.00. The Balaban J connectivity index is 1.45. The molecule has 33 heavy (non-hydrogen) atoms. The summed E-state index contributed by atoms with van der Waals surface area (Å²) in [4.78, 5) is 19.0. The third kappa shape index (κ3) is 3.93. The van der Waals surface area contributed by atoms with Gasteiger partial charge in [0.05, 0.1) is 25.5 Å². The molecular formula is C24H18F4N2O3. The van der Waals surface area contributed by atoms with E-state index in [-0.39, 0.29) is 31.4 Å². The zero-order valence-corrected chi connectivity index (χ0v) is 17.2. The maximum atomic E-state index is 14.6. The Labute approximate surface area is 186 Å². The highest BCUT2D eigenvalue weighted by Crippen LogP contribution is 2.39. The zero-order chi connectivity index (χ0) is 23.2. The fourth-order valence-electron chi connectivity index (χ4n) is 4.00. The molecule has 5 nitrogen and oxygen atoms in total. The first-order chi connectivity index (χ1) is 15.8. The number of hydrogen-bond donors (Lipinski definition) is 0. The second kappa shape index (κ2) is 7.84. The van der Waals surface area contributed by atoms with E-state index in [4.69, 9.17) is 9.47 Å². The lowest BCUT2D eigenvalue weighted by atomic mass is 9.94. The average molecular weight is 458 g/mol. The molecule has 1 saturated heterocycles. The molecule has 0 saturated carbocycles. The van der Waals surface area contributed by atoms with E-state index < -0.39 is 18.5 Å². The Hall–Kier alpha value is -3.46. The average Bonchev–Trinajstić information content (AvgIpc) is 3.13. The predicted octanol–water partition coefficient (Wildman–Crippen LogP) is 5.05. The van der Waals surface area contributed by atoms with Crippen LogP contribution in [0.1, 0.15) is 21.5 Å². The number of halogens is 4. The van der Waals surface area contributed by atoms with Gasteiger partial charge in [0.1, 0.15) is 5.75 Å². The number of aromatic nitrogens is 1. The predicted molar refractivity (Wildman–Crippen MR) is 112 cm³/mol. The van der Waals surface area contributed by atoms with Crippen molar-refractivity contribution < 1.29 is 31.8 Å². The van der Waals surface area contributed by atoms with Gasteiger partial charge >= 0.3 is 6.18 Å². The van der Waals surface area contributed by atoms with Gasteiger partial charge in [-0.1, -0.05) is 24.3 Å². The molecule has 3 aromatic rings. The molecule has 0 N–H and O–H groups in total. The summed E-state index contributed by atoms with van der Waals surface area (Å²) in [7, 11) is 0. The molecule has 1 amide bonds. The first kappa shape index (κ1) is 21.4. The number of hydrogen-bond acceptors (Lipinski definition) is 4. The molecule has 1 fully saturated rings. The smallest absolute Gasteiger partial charge is 0.422 e. The van der Waals surface area contributed by atoms with Gasteiger partial charge in [-0.3, -0.25) is 9.78 Å². The Morgan fingerprint density at radius 3 is 2.42 bits per heavy atom. The molecule has 2 aliphatic heterocycles. The van der Waals surface area contributed by atoms with Crippen LogP contribution in [0.5, 0.6) is 5.75 Å². The second-order valence-corrected chi connectivity index (χ2v) is 7.98. The summed E-state index contributed by atoms with van der Waals surface area (Å²) < 4.78 is 62.6. The van der Waals surface area contributed by atoms with E-state index in [0.29, 0.717) is 33.6 Å².